The highest BCUT2D eigenvalue weighted by molar-refractivity contribution is 7.12. The van der Waals surface area contributed by atoms with Gasteiger partial charge < -0.3 is 14.5 Å². The van der Waals surface area contributed by atoms with E-state index in [9.17, 15) is 0 Å². The van der Waals surface area contributed by atoms with Crippen LogP contribution in [-0.2, 0) is 19.5 Å². The van der Waals surface area contributed by atoms with E-state index in [0.717, 1.165) is 25.3 Å². The Balaban J connectivity index is 2.04. The number of hydrogen-bond acceptors (Lipinski definition) is 3. The zero-order valence-electron chi connectivity index (χ0n) is 19.5. The molecule has 31 heavy (non-hydrogen) atoms. The van der Waals surface area contributed by atoms with Crippen molar-refractivity contribution >= 4 is 23.6 Å². The molecule has 1 heterocycles. The van der Waals surface area contributed by atoms with Crippen LogP contribution in [0.1, 0.15) is 16.7 Å². The number of rotatable bonds is 7. The molecule has 162 valence electrons. The highest BCUT2D eigenvalue weighted by Gasteiger charge is 2.46. The van der Waals surface area contributed by atoms with E-state index in [1.165, 1.54) is 27.9 Å². The van der Waals surface area contributed by atoms with Gasteiger partial charge in [0.2, 0.25) is 0 Å². The van der Waals surface area contributed by atoms with Gasteiger partial charge in [-0.2, -0.15) is 0 Å². The van der Waals surface area contributed by atoms with E-state index >= 15 is 0 Å². The molecule has 0 aliphatic carbocycles. The van der Waals surface area contributed by atoms with Crippen molar-refractivity contribution in [3.05, 3.63) is 83.4 Å². The van der Waals surface area contributed by atoms with E-state index in [1.54, 1.807) is 17.5 Å². The van der Waals surface area contributed by atoms with Crippen molar-refractivity contribution in [2.45, 2.75) is 25.6 Å². The normalized spacial score (nSPS) is 14.8. The quantitative estimate of drug-likeness (QED) is 0.536. The van der Waals surface area contributed by atoms with Crippen molar-refractivity contribution in [1.29, 1.82) is 0 Å². The standard InChI is InChI=1S/C27H34N2OSi/c1-28(2)19-22-10-6-8-12-25(22)31(26-13-9-7-11-23(26)20-29(3)4)17-16-21-14-15-24(30-5)18-27(21)31/h6-15,18H,16-17,19-20H2,1-5H3. The lowest BCUT2D eigenvalue weighted by Gasteiger charge is -2.34. The minimum atomic E-state index is -2.21. The topological polar surface area (TPSA) is 15.7 Å². The Kier molecular flexibility index (Phi) is 6.33. The molecule has 0 unspecified atom stereocenters. The Labute approximate surface area is 188 Å². The second-order valence-electron chi connectivity index (χ2n) is 9.22. The molecular formula is C27H34N2OSi. The summed E-state index contributed by atoms with van der Waals surface area (Å²) in [6.07, 6.45) is 1.14. The van der Waals surface area contributed by atoms with Gasteiger partial charge in [0.1, 0.15) is 13.8 Å². The maximum absolute atomic E-state index is 5.70. The third-order valence-corrected chi connectivity index (χ3v) is 11.7. The van der Waals surface area contributed by atoms with Crippen LogP contribution < -0.4 is 20.3 Å². The number of methoxy groups -OCH3 is 1. The Morgan fingerprint density at radius 2 is 1.29 bits per heavy atom. The van der Waals surface area contributed by atoms with Gasteiger partial charge in [0.25, 0.3) is 0 Å². The third kappa shape index (κ3) is 4.08. The van der Waals surface area contributed by atoms with E-state index < -0.39 is 8.07 Å². The largest absolute Gasteiger partial charge is 0.497 e. The molecule has 3 aromatic carbocycles. The van der Waals surface area contributed by atoms with Crippen molar-refractivity contribution in [1.82, 2.24) is 9.80 Å². The molecule has 0 saturated carbocycles. The maximum atomic E-state index is 5.70. The number of ether oxygens (including phenoxy) is 1. The predicted molar refractivity (Wildman–Crippen MR) is 134 cm³/mol. The lowest BCUT2D eigenvalue weighted by atomic mass is 10.2. The van der Waals surface area contributed by atoms with Crippen molar-refractivity contribution in [3.8, 4) is 5.75 Å². The smallest absolute Gasteiger partial charge is 0.150 e. The van der Waals surface area contributed by atoms with Crippen molar-refractivity contribution < 1.29 is 4.74 Å². The molecule has 0 amide bonds. The zero-order valence-corrected chi connectivity index (χ0v) is 20.5. The van der Waals surface area contributed by atoms with Gasteiger partial charge in [0.15, 0.2) is 0 Å². The summed E-state index contributed by atoms with van der Waals surface area (Å²) in [6, 6.07) is 26.3. The van der Waals surface area contributed by atoms with E-state index in [0.29, 0.717) is 0 Å². The van der Waals surface area contributed by atoms with Gasteiger partial charge in [-0.3, -0.25) is 0 Å². The Bertz CT molecular complexity index is 1010. The first kappa shape index (κ1) is 21.8. The summed E-state index contributed by atoms with van der Waals surface area (Å²) < 4.78 is 5.70. The highest BCUT2D eigenvalue weighted by Crippen LogP contribution is 2.29. The minimum Gasteiger partial charge on any atom is -0.497 e. The molecule has 3 nitrogen and oxygen atoms in total. The summed E-state index contributed by atoms with van der Waals surface area (Å²) in [5, 5.41) is 4.65. The van der Waals surface area contributed by atoms with Gasteiger partial charge in [-0.05, 0) is 85.0 Å². The van der Waals surface area contributed by atoms with Crippen LogP contribution in [0.25, 0.3) is 0 Å². The Morgan fingerprint density at radius 3 is 1.81 bits per heavy atom. The monoisotopic (exact) mass is 430 g/mol. The van der Waals surface area contributed by atoms with Gasteiger partial charge >= 0.3 is 0 Å². The summed E-state index contributed by atoms with van der Waals surface area (Å²) in [4.78, 5) is 4.57. The molecule has 0 aromatic heterocycles. The fraction of sp³-hybridized carbons (Fsp3) is 0.333. The average Bonchev–Trinajstić information content (AvgIpc) is 3.13. The summed E-state index contributed by atoms with van der Waals surface area (Å²) in [7, 11) is 8.22. The van der Waals surface area contributed by atoms with E-state index in [4.69, 9.17) is 4.74 Å². The lowest BCUT2D eigenvalue weighted by Crippen LogP contribution is -2.67. The van der Waals surface area contributed by atoms with Gasteiger partial charge in [0.05, 0.1) is 7.11 Å². The van der Waals surface area contributed by atoms with Crippen LogP contribution in [0.15, 0.2) is 66.7 Å². The highest BCUT2D eigenvalue weighted by atomic mass is 28.3. The lowest BCUT2D eigenvalue weighted by molar-refractivity contribution is 0.403. The molecule has 4 rings (SSSR count). The molecule has 4 heteroatoms. The first-order valence-electron chi connectivity index (χ1n) is 11.1. The predicted octanol–water partition coefficient (Wildman–Crippen LogP) is 2.84. The molecule has 0 bridgehead atoms. The van der Waals surface area contributed by atoms with E-state index in [2.05, 4.69) is 105 Å². The van der Waals surface area contributed by atoms with Gasteiger partial charge in [-0.25, -0.2) is 0 Å². The molecule has 1 aliphatic rings. The SMILES string of the molecule is COc1ccc2c(c1)[Si](c1ccccc1CN(C)C)(c1ccccc1CN(C)C)CC2. The number of hydrogen-bond donors (Lipinski definition) is 0. The molecule has 0 atom stereocenters. The second-order valence-corrected chi connectivity index (χ2v) is 13.1. The summed E-state index contributed by atoms with van der Waals surface area (Å²) in [6.45, 7) is 1.92. The summed E-state index contributed by atoms with van der Waals surface area (Å²) in [5.41, 5.74) is 4.40. The number of nitrogens with zero attached hydrogens (tertiary/aromatic N) is 2. The molecule has 0 saturated heterocycles. The second kappa shape index (κ2) is 8.99. The Hall–Kier alpha value is -2.40. The van der Waals surface area contributed by atoms with Crippen LogP contribution in [0.5, 0.6) is 5.75 Å². The van der Waals surface area contributed by atoms with Gasteiger partial charge in [0, 0.05) is 13.1 Å². The number of benzene rings is 3. The van der Waals surface area contributed by atoms with Crippen molar-refractivity contribution in [3.63, 3.8) is 0 Å². The van der Waals surface area contributed by atoms with Crippen LogP contribution in [0.4, 0.5) is 0 Å². The average molecular weight is 431 g/mol. The number of aryl methyl sites for hydroxylation is 1. The van der Waals surface area contributed by atoms with Crippen LogP contribution in [0, 0.1) is 0 Å². The van der Waals surface area contributed by atoms with Crippen molar-refractivity contribution in [2.24, 2.45) is 0 Å². The minimum absolute atomic E-state index is 0.958. The molecule has 0 spiro atoms. The first-order chi connectivity index (χ1) is 15.0. The first-order valence-corrected chi connectivity index (χ1v) is 13.3. The van der Waals surface area contributed by atoms with Gasteiger partial charge in [-0.1, -0.05) is 54.6 Å². The summed E-state index contributed by atoms with van der Waals surface area (Å²) in [5.74, 6) is 0.965. The Morgan fingerprint density at radius 1 is 0.742 bits per heavy atom. The number of fused-ring (bicyclic) bond motifs is 1. The van der Waals surface area contributed by atoms with Crippen LogP contribution in [0.2, 0.25) is 6.04 Å². The summed E-state index contributed by atoms with van der Waals surface area (Å²) >= 11 is 0. The molecular weight excluding hydrogens is 396 g/mol. The van der Waals surface area contributed by atoms with Crippen molar-refractivity contribution in [2.75, 3.05) is 35.3 Å². The third-order valence-electron chi connectivity index (χ3n) is 6.47. The van der Waals surface area contributed by atoms with E-state index in [1.807, 2.05) is 0 Å². The molecule has 1 aliphatic heterocycles. The van der Waals surface area contributed by atoms with Gasteiger partial charge in [-0.15, -0.1) is 0 Å². The fourth-order valence-corrected chi connectivity index (χ4v) is 10.9. The molecule has 0 fully saturated rings. The molecule has 3 aromatic rings. The molecule has 0 N–H and O–H groups in total. The molecule has 0 radical (unpaired) electrons. The van der Waals surface area contributed by atoms with Crippen LogP contribution in [-0.4, -0.2) is 53.2 Å². The van der Waals surface area contributed by atoms with Crippen LogP contribution >= 0.6 is 0 Å². The van der Waals surface area contributed by atoms with E-state index in [-0.39, 0.29) is 0 Å². The fourth-order valence-electron chi connectivity index (χ4n) is 5.29. The van der Waals surface area contributed by atoms with Crippen LogP contribution in [0.3, 0.4) is 0 Å². The maximum Gasteiger partial charge on any atom is 0.150 e. The zero-order chi connectivity index (χ0) is 22.0.